The fraction of sp³-hybridized carbons (Fsp3) is 0. The second-order valence-corrected chi connectivity index (χ2v) is 5.24. The Labute approximate surface area is 126 Å². The lowest BCUT2D eigenvalue weighted by atomic mass is 10.2. The normalized spacial score (nSPS) is 10.3. The summed E-state index contributed by atoms with van der Waals surface area (Å²) in [5.41, 5.74) is 0.163. The molecule has 0 unspecified atom stereocenters. The number of amides is 1. The number of rotatable bonds is 2. The molecule has 0 radical (unpaired) electrons. The standard InChI is InChI=1S/C13H7ClF2INO/c14-8-2-1-3-9(16)12(8)13(19)18-11-5-4-7(15)6-10(11)17/h1-6H,(H,18,19). The monoisotopic (exact) mass is 393 g/mol. The van der Waals surface area contributed by atoms with Crippen molar-refractivity contribution < 1.29 is 13.6 Å². The second-order valence-electron chi connectivity index (χ2n) is 3.67. The van der Waals surface area contributed by atoms with Gasteiger partial charge in [0, 0.05) is 3.57 Å². The van der Waals surface area contributed by atoms with Gasteiger partial charge in [0.25, 0.3) is 5.91 Å². The number of anilines is 1. The fourth-order valence-corrected chi connectivity index (χ4v) is 2.35. The van der Waals surface area contributed by atoms with Crippen LogP contribution in [0.3, 0.4) is 0 Å². The molecule has 0 aromatic heterocycles. The van der Waals surface area contributed by atoms with Gasteiger partial charge < -0.3 is 5.32 Å². The molecule has 0 fully saturated rings. The summed E-state index contributed by atoms with van der Waals surface area (Å²) in [4.78, 5) is 12.0. The number of nitrogens with one attached hydrogen (secondary N) is 1. The second kappa shape index (κ2) is 5.83. The highest BCUT2D eigenvalue weighted by atomic mass is 127. The molecular formula is C13H7ClF2INO. The lowest BCUT2D eigenvalue weighted by molar-refractivity contribution is 0.102. The van der Waals surface area contributed by atoms with Crippen molar-refractivity contribution in [3.05, 3.63) is 62.2 Å². The van der Waals surface area contributed by atoms with E-state index in [4.69, 9.17) is 11.6 Å². The third-order valence-electron chi connectivity index (χ3n) is 2.37. The Balaban J connectivity index is 2.31. The summed E-state index contributed by atoms with van der Waals surface area (Å²) in [5.74, 6) is -1.79. The largest absolute Gasteiger partial charge is 0.321 e. The molecule has 0 saturated heterocycles. The average molecular weight is 394 g/mol. The molecule has 2 aromatic rings. The van der Waals surface area contributed by atoms with Gasteiger partial charge in [-0.25, -0.2) is 8.78 Å². The topological polar surface area (TPSA) is 29.1 Å². The number of benzene rings is 2. The van der Waals surface area contributed by atoms with Crippen LogP contribution in [0.4, 0.5) is 14.5 Å². The summed E-state index contributed by atoms with van der Waals surface area (Å²) < 4.78 is 27.0. The molecule has 1 amide bonds. The summed E-state index contributed by atoms with van der Waals surface area (Å²) in [5, 5.41) is 2.52. The number of hydrogen-bond acceptors (Lipinski definition) is 1. The van der Waals surface area contributed by atoms with Crippen molar-refractivity contribution in [3.63, 3.8) is 0 Å². The SMILES string of the molecule is O=C(Nc1ccc(F)cc1I)c1c(F)cccc1Cl. The maximum Gasteiger partial charge on any atom is 0.260 e. The lowest BCUT2D eigenvalue weighted by Gasteiger charge is -2.09. The van der Waals surface area contributed by atoms with Crippen molar-refractivity contribution in [3.8, 4) is 0 Å². The molecule has 2 nitrogen and oxygen atoms in total. The zero-order valence-electron chi connectivity index (χ0n) is 9.38. The fourth-order valence-electron chi connectivity index (χ4n) is 1.49. The Morgan fingerprint density at radius 1 is 1.21 bits per heavy atom. The first-order valence-corrected chi connectivity index (χ1v) is 6.65. The summed E-state index contributed by atoms with van der Waals surface area (Å²) in [6, 6.07) is 7.87. The smallest absolute Gasteiger partial charge is 0.260 e. The van der Waals surface area contributed by atoms with E-state index in [0.717, 1.165) is 6.07 Å². The van der Waals surface area contributed by atoms with Crippen LogP contribution in [0, 0.1) is 15.2 Å². The molecule has 2 aromatic carbocycles. The van der Waals surface area contributed by atoms with Crippen molar-refractivity contribution in [1.29, 1.82) is 0 Å². The Hall–Kier alpha value is -1.21. The molecular weight excluding hydrogens is 387 g/mol. The average Bonchev–Trinajstić information content (AvgIpc) is 2.32. The van der Waals surface area contributed by atoms with E-state index < -0.39 is 17.5 Å². The molecule has 6 heteroatoms. The van der Waals surface area contributed by atoms with Gasteiger partial charge in [0.1, 0.15) is 11.6 Å². The molecule has 0 aliphatic carbocycles. The third-order valence-corrected chi connectivity index (χ3v) is 3.58. The predicted molar refractivity (Wildman–Crippen MR) is 78.5 cm³/mol. The van der Waals surface area contributed by atoms with Crippen LogP contribution in [-0.2, 0) is 0 Å². The van der Waals surface area contributed by atoms with Crippen LogP contribution in [0.1, 0.15) is 10.4 Å². The van der Waals surface area contributed by atoms with Crippen molar-refractivity contribution >= 4 is 45.8 Å². The summed E-state index contributed by atoms with van der Waals surface area (Å²) in [7, 11) is 0. The first-order valence-electron chi connectivity index (χ1n) is 5.19. The molecule has 0 aliphatic heterocycles. The van der Waals surface area contributed by atoms with Gasteiger partial charge >= 0.3 is 0 Å². The van der Waals surface area contributed by atoms with Gasteiger partial charge in [0.15, 0.2) is 0 Å². The van der Waals surface area contributed by atoms with Crippen LogP contribution in [0.25, 0.3) is 0 Å². The molecule has 2 rings (SSSR count). The van der Waals surface area contributed by atoms with E-state index in [1.54, 1.807) is 0 Å². The maximum absolute atomic E-state index is 13.6. The van der Waals surface area contributed by atoms with Gasteiger partial charge in [-0.2, -0.15) is 0 Å². The molecule has 19 heavy (non-hydrogen) atoms. The predicted octanol–water partition coefficient (Wildman–Crippen LogP) is 4.48. The first-order chi connectivity index (χ1) is 8.99. The van der Waals surface area contributed by atoms with Crippen molar-refractivity contribution in [2.75, 3.05) is 5.32 Å². The summed E-state index contributed by atoms with van der Waals surface area (Å²) >= 11 is 7.67. The summed E-state index contributed by atoms with van der Waals surface area (Å²) in [6.45, 7) is 0. The van der Waals surface area contributed by atoms with Crippen LogP contribution < -0.4 is 5.32 Å². The van der Waals surface area contributed by atoms with Gasteiger partial charge in [0.2, 0.25) is 0 Å². The Kier molecular flexibility index (Phi) is 4.36. The molecule has 0 atom stereocenters. The minimum atomic E-state index is -0.706. The molecule has 0 aliphatic rings. The minimum absolute atomic E-state index is 0.0228. The van der Waals surface area contributed by atoms with Gasteiger partial charge in [0.05, 0.1) is 16.3 Å². The highest BCUT2D eigenvalue weighted by Crippen LogP contribution is 2.23. The lowest BCUT2D eigenvalue weighted by Crippen LogP contribution is -2.15. The molecule has 1 N–H and O–H groups in total. The zero-order valence-corrected chi connectivity index (χ0v) is 12.3. The minimum Gasteiger partial charge on any atom is -0.321 e. The Bertz CT molecular complexity index is 628. The van der Waals surface area contributed by atoms with E-state index in [0.29, 0.717) is 9.26 Å². The van der Waals surface area contributed by atoms with Gasteiger partial charge in [-0.1, -0.05) is 17.7 Å². The van der Waals surface area contributed by atoms with Crippen molar-refractivity contribution in [2.45, 2.75) is 0 Å². The van der Waals surface area contributed by atoms with E-state index in [1.165, 1.54) is 30.3 Å². The molecule has 0 heterocycles. The van der Waals surface area contributed by atoms with Crippen molar-refractivity contribution in [2.24, 2.45) is 0 Å². The third kappa shape index (κ3) is 3.22. The first kappa shape index (κ1) is 14.2. The molecule has 98 valence electrons. The zero-order chi connectivity index (χ0) is 14.0. The molecule has 0 saturated carbocycles. The highest BCUT2D eigenvalue weighted by molar-refractivity contribution is 14.1. The quantitative estimate of drug-likeness (QED) is 0.749. The van der Waals surface area contributed by atoms with Crippen LogP contribution >= 0.6 is 34.2 Å². The summed E-state index contributed by atoms with van der Waals surface area (Å²) in [6.07, 6.45) is 0. The van der Waals surface area contributed by atoms with Crippen molar-refractivity contribution in [1.82, 2.24) is 0 Å². The van der Waals surface area contributed by atoms with Crippen LogP contribution in [-0.4, -0.2) is 5.91 Å². The Morgan fingerprint density at radius 2 is 1.95 bits per heavy atom. The molecule has 0 bridgehead atoms. The van der Waals surface area contributed by atoms with E-state index in [2.05, 4.69) is 5.32 Å². The van der Waals surface area contributed by atoms with Gasteiger partial charge in [-0.3, -0.25) is 4.79 Å². The van der Waals surface area contributed by atoms with Crippen LogP contribution in [0.2, 0.25) is 5.02 Å². The number of carbonyl (C=O) groups excluding carboxylic acids is 1. The molecule has 0 spiro atoms. The van der Waals surface area contributed by atoms with Gasteiger partial charge in [-0.15, -0.1) is 0 Å². The number of halogens is 4. The maximum atomic E-state index is 13.6. The highest BCUT2D eigenvalue weighted by Gasteiger charge is 2.16. The number of carbonyl (C=O) groups is 1. The van der Waals surface area contributed by atoms with E-state index in [9.17, 15) is 13.6 Å². The Morgan fingerprint density at radius 3 is 2.58 bits per heavy atom. The van der Waals surface area contributed by atoms with E-state index >= 15 is 0 Å². The number of hydrogen-bond donors (Lipinski definition) is 1. The van der Waals surface area contributed by atoms with E-state index in [-0.39, 0.29) is 10.6 Å². The van der Waals surface area contributed by atoms with Crippen LogP contribution in [0.15, 0.2) is 36.4 Å². The van der Waals surface area contributed by atoms with E-state index in [1.807, 2.05) is 22.6 Å². The van der Waals surface area contributed by atoms with Gasteiger partial charge in [-0.05, 0) is 52.9 Å². The van der Waals surface area contributed by atoms with Crippen LogP contribution in [0.5, 0.6) is 0 Å².